The Morgan fingerprint density at radius 2 is 1.96 bits per heavy atom. The van der Waals surface area contributed by atoms with Crippen LogP contribution in [0.2, 0.25) is 5.02 Å². The maximum absolute atomic E-state index is 11.9. The van der Waals surface area contributed by atoms with Crippen LogP contribution in [0.25, 0.3) is 10.6 Å². The monoisotopic (exact) mass is 406 g/mol. The molecule has 0 atom stereocenters. The highest BCUT2D eigenvalue weighted by atomic mass is 35.5. The van der Waals surface area contributed by atoms with E-state index in [2.05, 4.69) is 10.3 Å². The molecule has 0 saturated heterocycles. The Kier molecular flexibility index (Phi) is 6.38. The zero-order chi connectivity index (χ0) is 18.4. The molecule has 1 amide bonds. The van der Waals surface area contributed by atoms with Crippen molar-refractivity contribution >= 4 is 46.2 Å². The SMILES string of the molecule is O=C(COC(=O)Cc1csc(-c2ccsc2)n1)NCc1ccc(Cl)cc1. The highest BCUT2D eigenvalue weighted by molar-refractivity contribution is 7.14. The number of nitrogens with one attached hydrogen (secondary N) is 1. The van der Waals surface area contributed by atoms with Gasteiger partial charge in [0.2, 0.25) is 0 Å². The van der Waals surface area contributed by atoms with Gasteiger partial charge < -0.3 is 10.1 Å². The molecule has 26 heavy (non-hydrogen) atoms. The molecule has 0 aliphatic rings. The molecule has 5 nitrogen and oxygen atoms in total. The van der Waals surface area contributed by atoms with Crippen LogP contribution >= 0.6 is 34.3 Å². The Morgan fingerprint density at radius 1 is 1.15 bits per heavy atom. The molecule has 0 saturated carbocycles. The predicted octanol–water partition coefficient (Wildman–Crippen LogP) is 3.93. The predicted molar refractivity (Wildman–Crippen MR) is 103 cm³/mol. The van der Waals surface area contributed by atoms with E-state index in [0.717, 1.165) is 16.1 Å². The molecule has 1 aromatic carbocycles. The van der Waals surface area contributed by atoms with E-state index in [1.165, 1.54) is 11.3 Å². The van der Waals surface area contributed by atoms with E-state index in [4.69, 9.17) is 16.3 Å². The number of carbonyl (C=O) groups is 2. The Balaban J connectivity index is 1.41. The largest absolute Gasteiger partial charge is 0.455 e. The summed E-state index contributed by atoms with van der Waals surface area (Å²) in [6.45, 7) is 0.0393. The van der Waals surface area contributed by atoms with Crippen molar-refractivity contribution in [3.05, 3.63) is 62.8 Å². The fourth-order valence-corrected chi connectivity index (χ4v) is 3.76. The van der Waals surface area contributed by atoms with E-state index in [1.807, 2.05) is 34.3 Å². The Bertz CT molecular complexity index is 876. The van der Waals surface area contributed by atoms with Crippen molar-refractivity contribution in [2.75, 3.05) is 6.61 Å². The molecule has 1 N–H and O–H groups in total. The lowest BCUT2D eigenvalue weighted by atomic mass is 10.2. The first kappa shape index (κ1) is 18.6. The lowest BCUT2D eigenvalue weighted by Gasteiger charge is -2.06. The number of hydrogen-bond acceptors (Lipinski definition) is 6. The van der Waals surface area contributed by atoms with Gasteiger partial charge in [-0.1, -0.05) is 23.7 Å². The highest BCUT2D eigenvalue weighted by Crippen LogP contribution is 2.25. The van der Waals surface area contributed by atoms with E-state index in [9.17, 15) is 9.59 Å². The molecule has 0 radical (unpaired) electrons. The van der Waals surface area contributed by atoms with Crippen LogP contribution in [0.5, 0.6) is 0 Å². The maximum Gasteiger partial charge on any atom is 0.312 e. The lowest BCUT2D eigenvalue weighted by molar-refractivity contribution is -0.147. The number of nitrogens with zero attached hydrogens (tertiary/aromatic N) is 1. The van der Waals surface area contributed by atoms with Gasteiger partial charge in [-0.2, -0.15) is 11.3 Å². The van der Waals surface area contributed by atoms with E-state index in [0.29, 0.717) is 17.3 Å². The zero-order valence-electron chi connectivity index (χ0n) is 13.6. The lowest BCUT2D eigenvalue weighted by Crippen LogP contribution is -2.28. The van der Waals surface area contributed by atoms with Crippen molar-refractivity contribution in [1.82, 2.24) is 10.3 Å². The number of aromatic nitrogens is 1. The summed E-state index contributed by atoms with van der Waals surface area (Å²) in [7, 11) is 0. The first-order valence-corrected chi connectivity index (χ1v) is 9.94. The van der Waals surface area contributed by atoms with Crippen molar-refractivity contribution in [3.8, 4) is 10.6 Å². The average molecular weight is 407 g/mol. The van der Waals surface area contributed by atoms with Crippen LogP contribution < -0.4 is 5.32 Å². The molecule has 3 aromatic rings. The third-order valence-corrected chi connectivity index (χ3v) is 5.29. The van der Waals surface area contributed by atoms with Gasteiger partial charge in [0.25, 0.3) is 5.91 Å². The normalized spacial score (nSPS) is 10.5. The van der Waals surface area contributed by atoms with Crippen LogP contribution in [-0.4, -0.2) is 23.5 Å². The van der Waals surface area contributed by atoms with Gasteiger partial charge in [-0.25, -0.2) is 4.98 Å². The summed E-state index contributed by atoms with van der Waals surface area (Å²) < 4.78 is 5.01. The number of ether oxygens (including phenoxy) is 1. The number of thiazole rings is 1. The molecule has 0 bridgehead atoms. The van der Waals surface area contributed by atoms with Gasteiger partial charge >= 0.3 is 5.97 Å². The van der Waals surface area contributed by atoms with Crippen LogP contribution in [0.15, 0.2) is 46.5 Å². The van der Waals surface area contributed by atoms with Crippen LogP contribution in [-0.2, 0) is 27.3 Å². The van der Waals surface area contributed by atoms with Crippen LogP contribution in [0, 0.1) is 0 Å². The second-order valence-corrected chi connectivity index (χ2v) is 7.47. The van der Waals surface area contributed by atoms with Gasteiger partial charge in [0, 0.05) is 27.9 Å². The summed E-state index contributed by atoms with van der Waals surface area (Å²) in [4.78, 5) is 28.1. The summed E-state index contributed by atoms with van der Waals surface area (Å²) in [5, 5.41) is 10.0. The number of thiophene rings is 1. The summed E-state index contributed by atoms with van der Waals surface area (Å²) in [5.41, 5.74) is 2.60. The number of hydrogen-bond donors (Lipinski definition) is 1. The molecule has 2 heterocycles. The average Bonchev–Trinajstić information content (AvgIpc) is 3.31. The second-order valence-electron chi connectivity index (χ2n) is 5.40. The van der Waals surface area contributed by atoms with Crippen molar-refractivity contribution in [2.45, 2.75) is 13.0 Å². The first-order chi connectivity index (χ1) is 12.6. The molecule has 0 fully saturated rings. The van der Waals surface area contributed by atoms with E-state index in [-0.39, 0.29) is 18.9 Å². The molecular formula is C18H15ClN2O3S2. The summed E-state index contributed by atoms with van der Waals surface area (Å²) in [5.74, 6) is -0.834. The molecule has 0 aliphatic carbocycles. The first-order valence-electron chi connectivity index (χ1n) is 7.74. The standard InChI is InChI=1S/C18H15ClN2O3S2/c19-14-3-1-12(2-4-14)8-20-16(22)9-24-17(23)7-15-11-26-18(21-15)13-5-6-25-10-13/h1-6,10-11H,7-9H2,(H,20,22). The Hall–Kier alpha value is -2.22. The van der Waals surface area contributed by atoms with Crippen LogP contribution in [0.4, 0.5) is 0 Å². The fourth-order valence-electron chi connectivity index (χ4n) is 2.11. The minimum absolute atomic E-state index is 0.0467. The van der Waals surface area contributed by atoms with Crippen LogP contribution in [0.1, 0.15) is 11.3 Å². The Morgan fingerprint density at radius 3 is 2.69 bits per heavy atom. The quantitative estimate of drug-likeness (QED) is 0.603. The third kappa shape index (κ3) is 5.39. The number of amides is 1. The minimum atomic E-state index is -0.478. The van der Waals surface area contributed by atoms with E-state index in [1.54, 1.807) is 23.5 Å². The number of carbonyl (C=O) groups excluding carboxylic acids is 2. The van der Waals surface area contributed by atoms with Gasteiger partial charge in [0.05, 0.1) is 12.1 Å². The molecule has 0 spiro atoms. The molecule has 8 heteroatoms. The van der Waals surface area contributed by atoms with Gasteiger partial charge in [-0.05, 0) is 29.1 Å². The number of rotatable bonds is 7. The summed E-state index contributed by atoms with van der Waals surface area (Å²) in [6, 6.07) is 9.13. The third-order valence-electron chi connectivity index (χ3n) is 3.41. The summed E-state index contributed by atoms with van der Waals surface area (Å²) >= 11 is 8.88. The van der Waals surface area contributed by atoms with Crippen molar-refractivity contribution in [1.29, 1.82) is 0 Å². The van der Waals surface area contributed by atoms with Crippen molar-refractivity contribution in [2.24, 2.45) is 0 Å². The number of esters is 1. The number of benzene rings is 1. The molecule has 3 rings (SSSR count). The topological polar surface area (TPSA) is 68.3 Å². The van der Waals surface area contributed by atoms with Crippen molar-refractivity contribution in [3.63, 3.8) is 0 Å². The molecular weight excluding hydrogens is 392 g/mol. The maximum atomic E-state index is 11.9. The molecule has 134 valence electrons. The summed E-state index contributed by atoms with van der Waals surface area (Å²) in [6.07, 6.45) is 0.0467. The highest BCUT2D eigenvalue weighted by Gasteiger charge is 2.12. The van der Waals surface area contributed by atoms with Gasteiger partial charge in [-0.3, -0.25) is 9.59 Å². The van der Waals surface area contributed by atoms with Crippen molar-refractivity contribution < 1.29 is 14.3 Å². The van der Waals surface area contributed by atoms with Gasteiger partial charge in [-0.15, -0.1) is 11.3 Å². The van der Waals surface area contributed by atoms with E-state index < -0.39 is 5.97 Å². The second kappa shape index (κ2) is 8.93. The molecule has 0 unspecified atom stereocenters. The van der Waals surface area contributed by atoms with Gasteiger partial charge in [0.15, 0.2) is 6.61 Å². The fraction of sp³-hybridized carbons (Fsp3) is 0.167. The molecule has 0 aliphatic heterocycles. The van der Waals surface area contributed by atoms with E-state index >= 15 is 0 Å². The smallest absolute Gasteiger partial charge is 0.312 e. The Labute approximate surface area is 163 Å². The minimum Gasteiger partial charge on any atom is -0.455 e. The number of halogens is 1. The van der Waals surface area contributed by atoms with Gasteiger partial charge in [0.1, 0.15) is 5.01 Å². The zero-order valence-corrected chi connectivity index (χ0v) is 16.0. The molecule has 2 aromatic heterocycles. The van der Waals surface area contributed by atoms with Crippen LogP contribution in [0.3, 0.4) is 0 Å².